The molecule has 3 N–H and O–H groups in total. The molecule has 3 fully saturated rings. The van der Waals surface area contributed by atoms with Crippen LogP contribution in [0.3, 0.4) is 0 Å². The maximum atomic E-state index is 12.3. The van der Waals surface area contributed by atoms with Crippen molar-refractivity contribution < 1.29 is 9.59 Å². The number of hydrogen-bond donors (Lipinski definition) is 2. The normalized spacial score (nSPS) is 28.9. The van der Waals surface area contributed by atoms with Crippen molar-refractivity contribution >= 4 is 11.8 Å². The highest BCUT2D eigenvalue weighted by Gasteiger charge is 2.41. The van der Waals surface area contributed by atoms with E-state index in [-0.39, 0.29) is 23.4 Å². The molecule has 106 valence electrons. The third-order valence-electron chi connectivity index (χ3n) is 4.65. The Hall–Kier alpha value is -1.10. The van der Waals surface area contributed by atoms with E-state index < -0.39 is 0 Å². The Kier molecular flexibility index (Phi) is 3.25. The standard InChI is InChI=1S/C14H23N3O2/c15-14(6-2-7-14)9-12(18)17-8-1-3-11(17)13(19)16-10-4-5-10/h10-11H,1-9,15H2,(H,16,19). The second kappa shape index (κ2) is 4.78. The molecule has 1 heterocycles. The molecule has 5 nitrogen and oxygen atoms in total. The van der Waals surface area contributed by atoms with Crippen molar-refractivity contribution in [2.45, 2.75) is 69.0 Å². The van der Waals surface area contributed by atoms with Crippen LogP contribution in [0.2, 0.25) is 0 Å². The van der Waals surface area contributed by atoms with E-state index in [9.17, 15) is 9.59 Å². The lowest BCUT2D eigenvalue weighted by molar-refractivity contribution is -0.140. The van der Waals surface area contributed by atoms with Crippen LogP contribution in [0.25, 0.3) is 0 Å². The molecule has 0 aromatic carbocycles. The number of likely N-dealkylation sites (tertiary alicyclic amines) is 1. The van der Waals surface area contributed by atoms with Crippen LogP contribution in [-0.2, 0) is 9.59 Å². The lowest BCUT2D eigenvalue weighted by atomic mass is 9.75. The van der Waals surface area contributed by atoms with E-state index in [4.69, 9.17) is 5.73 Å². The van der Waals surface area contributed by atoms with E-state index >= 15 is 0 Å². The minimum atomic E-state index is -0.294. The summed E-state index contributed by atoms with van der Waals surface area (Å²) in [6.45, 7) is 0.706. The van der Waals surface area contributed by atoms with Gasteiger partial charge in [0.25, 0.3) is 0 Å². The quantitative estimate of drug-likeness (QED) is 0.778. The molecule has 1 saturated heterocycles. The first-order valence-corrected chi connectivity index (χ1v) is 7.46. The van der Waals surface area contributed by atoms with Gasteiger partial charge in [0.05, 0.1) is 0 Å². The van der Waals surface area contributed by atoms with Gasteiger partial charge in [-0.3, -0.25) is 9.59 Å². The summed E-state index contributed by atoms with van der Waals surface area (Å²) in [6, 6.07) is 0.106. The zero-order valence-corrected chi connectivity index (χ0v) is 11.4. The number of carbonyl (C=O) groups excluding carboxylic acids is 2. The Labute approximate surface area is 113 Å². The van der Waals surface area contributed by atoms with Gasteiger partial charge in [0.1, 0.15) is 6.04 Å². The Morgan fingerprint density at radius 2 is 1.95 bits per heavy atom. The SMILES string of the molecule is NC1(CC(=O)N2CCCC2C(=O)NC2CC2)CCC1. The highest BCUT2D eigenvalue weighted by Crippen LogP contribution is 2.33. The molecule has 2 aliphatic carbocycles. The van der Waals surface area contributed by atoms with Crippen LogP contribution in [0.15, 0.2) is 0 Å². The number of nitrogens with one attached hydrogen (secondary N) is 1. The van der Waals surface area contributed by atoms with Crippen LogP contribution < -0.4 is 11.1 Å². The summed E-state index contributed by atoms with van der Waals surface area (Å²) >= 11 is 0. The number of hydrogen-bond acceptors (Lipinski definition) is 3. The van der Waals surface area contributed by atoms with E-state index in [0.717, 1.165) is 44.9 Å². The van der Waals surface area contributed by atoms with Gasteiger partial charge in [0.2, 0.25) is 11.8 Å². The van der Waals surface area contributed by atoms with E-state index in [1.54, 1.807) is 4.90 Å². The number of rotatable bonds is 4. The van der Waals surface area contributed by atoms with Gasteiger partial charge in [-0.1, -0.05) is 0 Å². The smallest absolute Gasteiger partial charge is 0.243 e. The van der Waals surface area contributed by atoms with Crippen LogP contribution in [0, 0.1) is 0 Å². The van der Waals surface area contributed by atoms with Gasteiger partial charge in [0.15, 0.2) is 0 Å². The fraction of sp³-hybridized carbons (Fsp3) is 0.857. The van der Waals surface area contributed by atoms with E-state index in [2.05, 4.69) is 5.32 Å². The molecule has 1 unspecified atom stereocenters. The molecule has 3 aliphatic rings. The molecule has 19 heavy (non-hydrogen) atoms. The fourth-order valence-electron chi connectivity index (χ4n) is 3.07. The topological polar surface area (TPSA) is 75.4 Å². The summed E-state index contributed by atoms with van der Waals surface area (Å²) in [7, 11) is 0. The molecule has 2 amide bonds. The van der Waals surface area contributed by atoms with Crippen molar-refractivity contribution in [3.05, 3.63) is 0 Å². The van der Waals surface area contributed by atoms with Gasteiger partial charge in [-0.2, -0.15) is 0 Å². The van der Waals surface area contributed by atoms with E-state index in [1.165, 1.54) is 0 Å². The molecule has 0 aromatic rings. The van der Waals surface area contributed by atoms with Crippen molar-refractivity contribution in [1.29, 1.82) is 0 Å². The van der Waals surface area contributed by atoms with Crippen LogP contribution in [0.5, 0.6) is 0 Å². The number of carbonyl (C=O) groups is 2. The molecular weight excluding hydrogens is 242 g/mol. The van der Waals surface area contributed by atoms with E-state index in [0.29, 0.717) is 19.0 Å². The highest BCUT2D eigenvalue weighted by atomic mass is 16.2. The van der Waals surface area contributed by atoms with Gasteiger partial charge in [-0.25, -0.2) is 0 Å². The van der Waals surface area contributed by atoms with Crippen molar-refractivity contribution in [1.82, 2.24) is 10.2 Å². The van der Waals surface area contributed by atoms with Gasteiger partial charge in [0, 0.05) is 24.5 Å². The van der Waals surface area contributed by atoms with Crippen LogP contribution >= 0.6 is 0 Å². The second-order valence-corrected chi connectivity index (χ2v) is 6.42. The Balaban J connectivity index is 1.58. The predicted molar refractivity (Wildman–Crippen MR) is 71.3 cm³/mol. The lowest BCUT2D eigenvalue weighted by Crippen LogP contribution is -2.53. The average Bonchev–Trinajstić information content (AvgIpc) is 3.00. The first kappa shape index (κ1) is 12.9. The summed E-state index contributed by atoms with van der Waals surface area (Å²) in [4.78, 5) is 26.2. The molecule has 1 atom stereocenters. The molecule has 0 spiro atoms. The molecule has 1 aliphatic heterocycles. The average molecular weight is 265 g/mol. The number of amides is 2. The largest absolute Gasteiger partial charge is 0.352 e. The highest BCUT2D eigenvalue weighted by molar-refractivity contribution is 5.89. The first-order valence-electron chi connectivity index (χ1n) is 7.46. The summed E-state index contributed by atoms with van der Waals surface area (Å²) in [6.07, 6.45) is 7.27. The number of nitrogens with two attached hydrogens (primary N) is 1. The maximum absolute atomic E-state index is 12.3. The lowest BCUT2D eigenvalue weighted by Gasteiger charge is -2.39. The minimum Gasteiger partial charge on any atom is -0.352 e. The minimum absolute atomic E-state index is 0.0352. The molecule has 3 rings (SSSR count). The van der Waals surface area contributed by atoms with Crippen molar-refractivity contribution in [2.75, 3.05) is 6.54 Å². The van der Waals surface area contributed by atoms with Gasteiger partial charge < -0.3 is 16.0 Å². The Morgan fingerprint density at radius 3 is 2.53 bits per heavy atom. The van der Waals surface area contributed by atoms with Gasteiger partial charge in [-0.05, 0) is 44.9 Å². The third kappa shape index (κ3) is 2.76. The summed E-state index contributed by atoms with van der Waals surface area (Å²) < 4.78 is 0. The van der Waals surface area contributed by atoms with Crippen molar-refractivity contribution in [2.24, 2.45) is 5.73 Å². The van der Waals surface area contributed by atoms with Crippen LogP contribution in [0.1, 0.15) is 51.4 Å². The van der Waals surface area contributed by atoms with Gasteiger partial charge in [-0.15, -0.1) is 0 Å². The summed E-state index contributed by atoms with van der Waals surface area (Å²) in [5, 5.41) is 3.01. The zero-order valence-electron chi connectivity index (χ0n) is 11.4. The summed E-state index contributed by atoms with van der Waals surface area (Å²) in [5.74, 6) is 0.101. The van der Waals surface area contributed by atoms with Crippen molar-refractivity contribution in [3.8, 4) is 0 Å². The molecule has 5 heteroatoms. The fourth-order valence-corrected chi connectivity index (χ4v) is 3.07. The molecule has 0 bridgehead atoms. The molecule has 2 saturated carbocycles. The second-order valence-electron chi connectivity index (χ2n) is 6.42. The summed E-state index contributed by atoms with van der Waals surface area (Å²) in [5.41, 5.74) is 5.84. The molecule has 0 radical (unpaired) electrons. The Bertz CT molecular complexity index is 388. The van der Waals surface area contributed by atoms with E-state index in [1.807, 2.05) is 0 Å². The Morgan fingerprint density at radius 1 is 1.21 bits per heavy atom. The maximum Gasteiger partial charge on any atom is 0.243 e. The van der Waals surface area contributed by atoms with Crippen molar-refractivity contribution in [3.63, 3.8) is 0 Å². The monoisotopic (exact) mass is 265 g/mol. The van der Waals surface area contributed by atoms with Crippen LogP contribution in [-0.4, -0.2) is 40.9 Å². The van der Waals surface area contributed by atoms with Gasteiger partial charge >= 0.3 is 0 Å². The molecule has 0 aromatic heterocycles. The zero-order chi connectivity index (χ0) is 13.5. The third-order valence-corrected chi connectivity index (χ3v) is 4.65. The number of nitrogens with zero attached hydrogens (tertiary/aromatic N) is 1. The predicted octanol–water partition coefficient (Wildman–Crippen LogP) is 0.527. The molecular formula is C14H23N3O2. The first-order chi connectivity index (χ1) is 9.07. The van der Waals surface area contributed by atoms with Crippen LogP contribution in [0.4, 0.5) is 0 Å².